The molecule has 0 aliphatic rings. The van der Waals surface area contributed by atoms with Gasteiger partial charge in [-0.25, -0.2) is 0 Å². The number of hydrogen-bond acceptors (Lipinski definition) is 4. The molecule has 90 valence electrons. The maximum absolute atomic E-state index is 8.25. The molecule has 0 aliphatic heterocycles. The van der Waals surface area contributed by atoms with Crippen molar-refractivity contribution in [2.24, 2.45) is 10.2 Å². The zero-order valence-electron chi connectivity index (χ0n) is 9.48. The Morgan fingerprint density at radius 3 is 1.56 bits per heavy atom. The van der Waals surface area contributed by atoms with Crippen LogP contribution in [0, 0.1) is 0 Å². The van der Waals surface area contributed by atoms with Crippen molar-refractivity contribution in [2.75, 3.05) is 26.3 Å². The lowest BCUT2D eigenvalue weighted by Gasteiger charge is -2.24. The highest BCUT2D eigenvalue weighted by molar-refractivity contribution is 4.76. The minimum absolute atomic E-state index is 0.163. The number of azide groups is 2. The molecule has 0 aliphatic carbocycles. The summed E-state index contributed by atoms with van der Waals surface area (Å²) in [5.41, 5.74) is 16.5. The fourth-order valence-electron chi connectivity index (χ4n) is 1.22. The van der Waals surface area contributed by atoms with Crippen LogP contribution in [0.5, 0.6) is 0 Å². The topological polar surface area (TPSA) is 116 Å². The van der Waals surface area contributed by atoms with Crippen LogP contribution in [0.2, 0.25) is 0 Å². The van der Waals surface area contributed by atoms with E-state index in [1.165, 1.54) is 0 Å². The zero-order chi connectivity index (χ0) is 12.2. The molecule has 2 atom stereocenters. The van der Waals surface area contributed by atoms with Gasteiger partial charge in [0.25, 0.3) is 0 Å². The standard InChI is InChI=1S/C8H16N6O2/c1-3-15-7(5-11-13-9)8(16-4-2)6-12-14-10/h7-8H,3-6H2,1-2H3. The van der Waals surface area contributed by atoms with Gasteiger partial charge in [0, 0.05) is 23.0 Å². The summed E-state index contributed by atoms with van der Waals surface area (Å²) in [7, 11) is 0. The number of nitrogens with zero attached hydrogens (tertiary/aromatic N) is 6. The van der Waals surface area contributed by atoms with Crippen molar-refractivity contribution in [1.29, 1.82) is 0 Å². The Balaban J connectivity index is 4.47. The van der Waals surface area contributed by atoms with E-state index in [-0.39, 0.29) is 25.3 Å². The molecule has 16 heavy (non-hydrogen) atoms. The van der Waals surface area contributed by atoms with Gasteiger partial charge in [0.1, 0.15) is 0 Å². The SMILES string of the molecule is CCOC(CN=[N+]=[N-])C(CN=[N+]=[N-])OCC. The lowest BCUT2D eigenvalue weighted by atomic mass is 10.2. The average molecular weight is 228 g/mol. The van der Waals surface area contributed by atoms with Gasteiger partial charge in [-0.3, -0.25) is 0 Å². The van der Waals surface area contributed by atoms with Crippen LogP contribution < -0.4 is 0 Å². The van der Waals surface area contributed by atoms with Gasteiger partial charge in [0.05, 0.1) is 25.3 Å². The van der Waals surface area contributed by atoms with Gasteiger partial charge >= 0.3 is 0 Å². The average Bonchev–Trinajstić information content (AvgIpc) is 2.30. The van der Waals surface area contributed by atoms with Crippen LogP contribution in [0.15, 0.2) is 10.2 Å². The fraction of sp³-hybridized carbons (Fsp3) is 1.00. The van der Waals surface area contributed by atoms with E-state index in [4.69, 9.17) is 20.5 Å². The molecular weight excluding hydrogens is 212 g/mol. The molecule has 0 aromatic rings. The highest BCUT2D eigenvalue weighted by Gasteiger charge is 2.20. The Morgan fingerprint density at radius 2 is 1.31 bits per heavy atom. The summed E-state index contributed by atoms with van der Waals surface area (Å²) >= 11 is 0. The third kappa shape index (κ3) is 6.10. The van der Waals surface area contributed by atoms with E-state index in [1.54, 1.807) is 0 Å². The molecule has 0 aromatic heterocycles. The van der Waals surface area contributed by atoms with Crippen molar-refractivity contribution in [3.63, 3.8) is 0 Å². The molecule has 0 bridgehead atoms. The van der Waals surface area contributed by atoms with Crippen molar-refractivity contribution in [3.05, 3.63) is 20.9 Å². The summed E-state index contributed by atoms with van der Waals surface area (Å²) in [6.07, 6.45) is -0.766. The molecule has 0 aromatic carbocycles. The third-order valence-electron chi connectivity index (χ3n) is 1.83. The van der Waals surface area contributed by atoms with Crippen molar-refractivity contribution >= 4 is 0 Å². The maximum atomic E-state index is 8.25. The van der Waals surface area contributed by atoms with Crippen LogP contribution in [-0.2, 0) is 9.47 Å². The predicted molar refractivity (Wildman–Crippen MR) is 58.9 cm³/mol. The second-order valence-corrected chi connectivity index (χ2v) is 2.81. The first-order valence-corrected chi connectivity index (χ1v) is 5.05. The molecule has 2 unspecified atom stereocenters. The van der Waals surface area contributed by atoms with Crippen LogP contribution in [-0.4, -0.2) is 38.5 Å². The van der Waals surface area contributed by atoms with E-state index >= 15 is 0 Å². The van der Waals surface area contributed by atoms with Crippen LogP contribution in [0.1, 0.15) is 13.8 Å². The van der Waals surface area contributed by atoms with Crippen LogP contribution >= 0.6 is 0 Å². The van der Waals surface area contributed by atoms with E-state index in [2.05, 4.69) is 20.1 Å². The molecule has 0 amide bonds. The molecule has 0 radical (unpaired) electrons. The lowest BCUT2D eigenvalue weighted by molar-refractivity contribution is -0.0574. The van der Waals surface area contributed by atoms with E-state index < -0.39 is 0 Å². The second-order valence-electron chi connectivity index (χ2n) is 2.81. The third-order valence-corrected chi connectivity index (χ3v) is 1.83. The molecule has 0 N–H and O–H groups in total. The highest BCUT2D eigenvalue weighted by atomic mass is 16.5. The minimum Gasteiger partial charge on any atom is -0.376 e. The molecule has 0 heterocycles. The normalized spacial score (nSPS) is 13.4. The summed E-state index contributed by atoms with van der Waals surface area (Å²) in [6.45, 7) is 4.95. The lowest BCUT2D eigenvalue weighted by Crippen LogP contribution is -2.36. The van der Waals surface area contributed by atoms with Gasteiger partial charge in [-0.1, -0.05) is 10.2 Å². The first kappa shape index (κ1) is 14.5. The largest absolute Gasteiger partial charge is 0.376 e. The molecule has 0 saturated heterocycles. The molecule has 0 rings (SSSR count). The van der Waals surface area contributed by atoms with Gasteiger partial charge in [-0.15, -0.1) is 0 Å². The Kier molecular flexibility index (Phi) is 9.15. The van der Waals surface area contributed by atoms with Crippen LogP contribution in [0.4, 0.5) is 0 Å². The quantitative estimate of drug-likeness (QED) is 0.342. The molecule has 0 saturated carbocycles. The monoisotopic (exact) mass is 228 g/mol. The van der Waals surface area contributed by atoms with Crippen molar-refractivity contribution in [2.45, 2.75) is 26.1 Å². The predicted octanol–water partition coefficient (Wildman–Crippen LogP) is 2.42. The summed E-state index contributed by atoms with van der Waals surface area (Å²) in [6, 6.07) is 0. The van der Waals surface area contributed by atoms with Crippen LogP contribution in [0.3, 0.4) is 0 Å². The van der Waals surface area contributed by atoms with Crippen molar-refractivity contribution in [1.82, 2.24) is 0 Å². The number of hydrogen-bond donors (Lipinski definition) is 0. The zero-order valence-corrected chi connectivity index (χ0v) is 9.48. The van der Waals surface area contributed by atoms with Gasteiger partial charge in [0.2, 0.25) is 0 Å². The van der Waals surface area contributed by atoms with Gasteiger partial charge in [-0.2, -0.15) is 0 Å². The van der Waals surface area contributed by atoms with E-state index in [0.29, 0.717) is 13.2 Å². The van der Waals surface area contributed by atoms with Crippen molar-refractivity contribution in [3.8, 4) is 0 Å². The number of ether oxygens (including phenoxy) is 2. The second kappa shape index (κ2) is 10.1. The molecule has 0 fully saturated rings. The summed E-state index contributed by atoms with van der Waals surface area (Å²) < 4.78 is 10.8. The van der Waals surface area contributed by atoms with Crippen molar-refractivity contribution < 1.29 is 9.47 Å². The fourth-order valence-corrected chi connectivity index (χ4v) is 1.22. The molecule has 8 heteroatoms. The number of rotatable bonds is 9. The van der Waals surface area contributed by atoms with Gasteiger partial charge in [-0.05, 0) is 24.9 Å². The Labute approximate surface area is 93.8 Å². The van der Waals surface area contributed by atoms with Gasteiger partial charge in [0.15, 0.2) is 0 Å². The highest BCUT2D eigenvalue weighted by Crippen LogP contribution is 2.07. The summed E-state index contributed by atoms with van der Waals surface area (Å²) in [4.78, 5) is 5.33. The molecule has 0 spiro atoms. The summed E-state index contributed by atoms with van der Waals surface area (Å²) in [5.74, 6) is 0. The van der Waals surface area contributed by atoms with E-state index in [0.717, 1.165) is 0 Å². The Hall–Kier alpha value is -1.46. The summed E-state index contributed by atoms with van der Waals surface area (Å²) in [5, 5.41) is 6.89. The Bertz CT molecular complexity index is 244. The first-order chi connectivity index (χ1) is 7.79. The molecule has 8 nitrogen and oxygen atoms in total. The smallest absolute Gasteiger partial charge is 0.0894 e. The first-order valence-electron chi connectivity index (χ1n) is 5.05. The van der Waals surface area contributed by atoms with Gasteiger partial charge < -0.3 is 9.47 Å². The van der Waals surface area contributed by atoms with Crippen LogP contribution in [0.25, 0.3) is 20.9 Å². The van der Waals surface area contributed by atoms with E-state index in [1.807, 2.05) is 13.8 Å². The molecular formula is C8H16N6O2. The Morgan fingerprint density at radius 1 is 0.938 bits per heavy atom. The van der Waals surface area contributed by atoms with E-state index in [9.17, 15) is 0 Å². The maximum Gasteiger partial charge on any atom is 0.0894 e. The minimum atomic E-state index is -0.383.